The quantitative estimate of drug-likeness (QED) is 0.236. The van der Waals surface area contributed by atoms with Crippen LogP contribution in [-0.2, 0) is 30.3 Å². The Morgan fingerprint density at radius 2 is 2.00 bits per heavy atom. The second-order valence-electron chi connectivity index (χ2n) is 7.53. The van der Waals surface area contributed by atoms with E-state index in [2.05, 4.69) is 10.3 Å². The van der Waals surface area contributed by atoms with Crippen LogP contribution in [-0.4, -0.2) is 67.8 Å². The molecule has 0 bridgehead atoms. The van der Waals surface area contributed by atoms with Gasteiger partial charge in [-0.2, -0.15) is 0 Å². The Morgan fingerprint density at radius 3 is 2.62 bits per heavy atom. The molecule has 0 radical (unpaired) electrons. The number of hydrogen-bond acceptors (Lipinski definition) is 9. The van der Waals surface area contributed by atoms with Crippen molar-refractivity contribution in [2.24, 2.45) is 0 Å². The summed E-state index contributed by atoms with van der Waals surface area (Å²) in [6.07, 6.45) is 1.41. The summed E-state index contributed by atoms with van der Waals surface area (Å²) in [5, 5.41) is 13.6. The number of nitrogens with one attached hydrogen (secondary N) is 1. The van der Waals surface area contributed by atoms with Gasteiger partial charge < -0.3 is 15.2 Å². The highest BCUT2D eigenvalue weighted by Crippen LogP contribution is 2.47. The number of ketones is 1. The van der Waals surface area contributed by atoms with Crippen molar-refractivity contribution in [1.29, 1.82) is 0 Å². The normalized spacial score (nSPS) is 21.4. The van der Waals surface area contributed by atoms with Crippen molar-refractivity contribution in [1.82, 2.24) is 15.2 Å². The van der Waals surface area contributed by atoms with Crippen LogP contribution in [0.5, 0.6) is 0 Å². The number of carboxylic acids is 1. The van der Waals surface area contributed by atoms with E-state index in [1.807, 2.05) is 0 Å². The number of amides is 2. The van der Waals surface area contributed by atoms with Crippen molar-refractivity contribution in [3.8, 4) is 0 Å². The van der Waals surface area contributed by atoms with Gasteiger partial charge in [-0.15, -0.1) is 23.1 Å². The molecule has 2 atom stereocenters. The number of nitrogens with zero attached hydrogens (tertiary/aromatic N) is 2. The number of fused-ring (bicyclic) bond motifs is 1. The Kier molecular flexibility index (Phi) is 6.53. The van der Waals surface area contributed by atoms with Crippen LogP contribution < -0.4 is 5.32 Å². The summed E-state index contributed by atoms with van der Waals surface area (Å²) in [6, 6.07) is 8.03. The fraction of sp³-hybridized carbons (Fsp3) is 0.273. The first kappa shape index (κ1) is 23.6. The largest absolute Gasteiger partial charge is 0.477 e. The molecule has 4 rings (SSSR count). The van der Waals surface area contributed by atoms with Crippen molar-refractivity contribution in [2.75, 3.05) is 12.4 Å². The number of thioether (sulfide) groups is 1. The van der Waals surface area contributed by atoms with E-state index in [0.717, 1.165) is 16.7 Å². The molecule has 1 aromatic carbocycles. The summed E-state index contributed by atoms with van der Waals surface area (Å²) in [4.78, 5) is 68.3. The molecule has 1 aromatic heterocycles. The van der Waals surface area contributed by atoms with E-state index in [1.54, 1.807) is 29.8 Å². The molecule has 1 fully saturated rings. The molecule has 0 unspecified atom stereocenters. The van der Waals surface area contributed by atoms with Gasteiger partial charge in [-0.05, 0) is 0 Å². The third-order valence-electron chi connectivity index (χ3n) is 5.33. The Labute approximate surface area is 202 Å². The number of β-lactam (4-membered cyclic amide) rings is 1. The highest BCUT2D eigenvalue weighted by atomic mass is 32.2. The standard InChI is InChI=1S/C22H19N3O7S2/c1-12(26)32-10-14-11-34-21-22(18(28)13-5-3-2-4-6-13,20(31)25(21)17(14)19(29)30)24-15(27)9-16-23-7-8-33-16/h2-8,21H,9-11H2,1H3,(H,24,27)(H,29,30)/t21-,22+/m1/s1. The summed E-state index contributed by atoms with van der Waals surface area (Å²) >= 11 is 2.38. The lowest BCUT2D eigenvalue weighted by molar-refractivity contribution is -0.155. The van der Waals surface area contributed by atoms with E-state index in [-0.39, 0.29) is 35.6 Å². The average molecular weight is 502 g/mol. The minimum Gasteiger partial charge on any atom is -0.477 e. The zero-order chi connectivity index (χ0) is 24.5. The zero-order valence-corrected chi connectivity index (χ0v) is 19.5. The molecule has 2 N–H and O–H groups in total. The summed E-state index contributed by atoms with van der Waals surface area (Å²) in [6.45, 7) is 0.895. The third-order valence-corrected chi connectivity index (χ3v) is 7.51. The number of carbonyl (C=O) groups excluding carboxylic acids is 4. The van der Waals surface area contributed by atoms with Crippen molar-refractivity contribution in [2.45, 2.75) is 24.3 Å². The molecule has 2 aliphatic heterocycles. The maximum atomic E-state index is 13.6. The monoisotopic (exact) mass is 501 g/mol. The van der Waals surface area contributed by atoms with Crippen molar-refractivity contribution < 1.29 is 33.8 Å². The number of aromatic nitrogens is 1. The van der Waals surface area contributed by atoms with Crippen molar-refractivity contribution >= 4 is 52.6 Å². The third kappa shape index (κ3) is 4.10. The first-order chi connectivity index (χ1) is 16.3. The fourth-order valence-electron chi connectivity index (χ4n) is 3.86. The van der Waals surface area contributed by atoms with Gasteiger partial charge in [-0.1, -0.05) is 30.3 Å². The van der Waals surface area contributed by atoms with Gasteiger partial charge in [0.2, 0.25) is 17.2 Å². The van der Waals surface area contributed by atoms with Crippen LogP contribution in [0.25, 0.3) is 0 Å². The van der Waals surface area contributed by atoms with E-state index >= 15 is 0 Å². The number of thiazole rings is 1. The first-order valence-corrected chi connectivity index (χ1v) is 12.0. The number of ether oxygens (including phenoxy) is 1. The maximum absolute atomic E-state index is 13.6. The van der Waals surface area contributed by atoms with E-state index in [9.17, 15) is 29.1 Å². The molecule has 3 heterocycles. The minimum absolute atomic E-state index is 0.0928. The molecule has 2 aliphatic rings. The molecule has 176 valence electrons. The summed E-state index contributed by atoms with van der Waals surface area (Å²) in [5.74, 6) is -3.97. The number of Topliss-reactive ketones (excluding diaryl/α,β-unsaturated/α-hetero) is 1. The molecule has 0 aliphatic carbocycles. The number of esters is 1. The molecule has 0 spiro atoms. The minimum atomic E-state index is -1.98. The molecular weight excluding hydrogens is 482 g/mol. The molecule has 34 heavy (non-hydrogen) atoms. The molecule has 12 heteroatoms. The van der Waals surface area contributed by atoms with Crippen molar-refractivity contribution in [3.05, 3.63) is 63.7 Å². The number of benzene rings is 1. The van der Waals surface area contributed by atoms with Crippen LogP contribution in [0.4, 0.5) is 0 Å². The predicted octanol–water partition coefficient (Wildman–Crippen LogP) is 1.24. The van der Waals surface area contributed by atoms with Crippen LogP contribution in [0.1, 0.15) is 22.3 Å². The topological polar surface area (TPSA) is 143 Å². The van der Waals surface area contributed by atoms with Gasteiger partial charge in [0.1, 0.15) is 22.7 Å². The number of aliphatic carboxylic acids is 1. The SMILES string of the molecule is CC(=O)OCC1=C(C(=O)O)N2C(=O)[C@@](NC(=O)Cc3nccs3)(C(=O)c3ccccc3)[C@H]2SC1. The molecule has 2 amide bonds. The van der Waals surface area contributed by atoms with Gasteiger partial charge in [0, 0.05) is 35.4 Å². The number of carbonyl (C=O) groups is 5. The van der Waals surface area contributed by atoms with E-state index in [1.165, 1.54) is 30.4 Å². The Balaban J connectivity index is 1.71. The Hall–Kier alpha value is -3.51. The Bertz CT molecular complexity index is 1200. The first-order valence-electron chi connectivity index (χ1n) is 10.1. The molecule has 1 saturated heterocycles. The van der Waals surface area contributed by atoms with E-state index in [4.69, 9.17) is 4.74 Å². The number of rotatable bonds is 8. The lowest BCUT2D eigenvalue weighted by Gasteiger charge is -2.56. The zero-order valence-electron chi connectivity index (χ0n) is 17.8. The van der Waals surface area contributed by atoms with Gasteiger partial charge in [0.05, 0.1) is 6.42 Å². The lowest BCUT2D eigenvalue weighted by atomic mass is 9.79. The fourth-order valence-corrected chi connectivity index (χ4v) is 5.92. The maximum Gasteiger partial charge on any atom is 0.352 e. The van der Waals surface area contributed by atoms with Gasteiger partial charge >= 0.3 is 11.9 Å². The van der Waals surface area contributed by atoms with Gasteiger partial charge in [-0.25, -0.2) is 9.78 Å². The van der Waals surface area contributed by atoms with Gasteiger partial charge in [0.25, 0.3) is 5.91 Å². The summed E-state index contributed by atoms with van der Waals surface area (Å²) in [7, 11) is 0. The lowest BCUT2D eigenvalue weighted by Crippen LogP contribution is -2.83. The average Bonchev–Trinajstić information content (AvgIpc) is 3.33. The van der Waals surface area contributed by atoms with Crippen molar-refractivity contribution in [3.63, 3.8) is 0 Å². The second kappa shape index (κ2) is 9.39. The Morgan fingerprint density at radius 1 is 1.26 bits per heavy atom. The molecule has 0 saturated carbocycles. The van der Waals surface area contributed by atoms with Crippen LogP contribution in [0.3, 0.4) is 0 Å². The van der Waals surface area contributed by atoms with E-state index in [0.29, 0.717) is 5.01 Å². The molecule has 2 aromatic rings. The van der Waals surface area contributed by atoms with Crippen LogP contribution >= 0.6 is 23.1 Å². The van der Waals surface area contributed by atoms with E-state index < -0.39 is 40.4 Å². The van der Waals surface area contributed by atoms with Crippen LogP contribution in [0.15, 0.2) is 53.2 Å². The molecular formula is C22H19N3O7S2. The highest BCUT2D eigenvalue weighted by Gasteiger charge is 2.69. The van der Waals surface area contributed by atoms with Crippen LogP contribution in [0.2, 0.25) is 0 Å². The summed E-state index contributed by atoms with van der Waals surface area (Å²) < 4.78 is 4.94. The smallest absolute Gasteiger partial charge is 0.352 e. The highest BCUT2D eigenvalue weighted by molar-refractivity contribution is 8.00. The van der Waals surface area contributed by atoms with Gasteiger partial charge in [-0.3, -0.25) is 24.1 Å². The van der Waals surface area contributed by atoms with Gasteiger partial charge in [0.15, 0.2) is 0 Å². The number of hydrogen-bond donors (Lipinski definition) is 2. The second-order valence-corrected chi connectivity index (χ2v) is 9.58. The summed E-state index contributed by atoms with van der Waals surface area (Å²) in [5.41, 5.74) is -1.89. The molecule has 10 nitrogen and oxygen atoms in total. The number of carboxylic acid groups (broad SMARTS) is 1. The van der Waals surface area contributed by atoms with Crippen LogP contribution in [0, 0.1) is 0 Å². The predicted molar refractivity (Wildman–Crippen MR) is 122 cm³/mol.